The minimum absolute atomic E-state index is 0. The van der Waals surface area contributed by atoms with Crippen LogP contribution in [-0.4, -0.2) is 19.9 Å². The highest BCUT2D eigenvalue weighted by atomic mass is 79.9. The molecule has 106 valence electrons. The van der Waals surface area contributed by atoms with Crippen molar-refractivity contribution in [1.82, 2.24) is 0 Å². The Bertz CT molecular complexity index is 603. The van der Waals surface area contributed by atoms with Crippen molar-refractivity contribution in [1.29, 1.82) is 0 Å². The molecule has 0 fully saturated rings. The summed E-state index contributed by atoms with van der Waals surface area (Å²) in [7, 11) is 3.49. The van der Waals surface area contributed by atoms with Crippen LogP contribution in [0.5, 0.6) is 5.75 Å². The molecule has 0 saturated heterocycles. The van der Waals surface area contributed by atoms with Crippen molar-refractivity contribution >= 4 is 21.6 Å². The van der Waals surface area contributed by atoms with Gasteiger partial charge >= 0.3 is 0 Å². The lowest BCUT2D eigenvalue weighted by molar-refractivity contribution is 0.415. The van der Waals surface area contributed by atoms with Gasteiger partial charge in [0.2, 0.25) is 0 Å². The van der Waals surface area contributed by atoms with Crippen LogP contribution >= 0.6 is 15.9 Å². The Kier molecular flexibility index (Phi) is 5.96. The van der Waals surface area contributed by atoms with Crippen LogP contribution in [0.2, 0.25) is 0 Å². The summed E-state index contributed by atoms with van der Waals surface area (Å²) in [5, 5.41) is 0. The van der Waals surface area contributed by atoms with Crippen LogP contribution in [-0.2, 0) is 0 Å². The molecule has 0 amide bonds. The number of hydrogen-bond acceptors (Lipinski definition) is 2. The molecule has 0 atom stereocenters. The molecular formula is C17H20BrNO. The second kappa shape index (κ2) is 7.25. The van der Waals surface area contributed by atoms with E-state index in [9.17, 15) is 0 Å². The average Bonchev–Trinajstić information content (AvgIpc) is 2.42. The van der Waals surface area contributed by atoms with Crippen molar-refractivity contribution < 1.29 is 4.74 Å². The van der Waals surface area contributed by atoms with Gasteiger partial charge in [-0.2, -0.15) is 0 Å². The number of rotatable bonds is 3. The van der Waals surface area contributed by atoms with Gasteiger partial charge in [0.1, 0.15) is 5.75 Å². The molecule has 0 N–H and O–H groups in total. The predicted octanol–water partition coefficient (Wildman–Crippen LogP) is 4.87. The molecule has 0 aliphatic heterocycles. The number of aliphatic imine (C=N–C) groups is 1. The first-order chi connectivity index (χ1) is 9.15. The predicted molar refractivity (Wildman–Crippen MR) is 90.2 cm³/mol. The molecule has 0 radical (unpaired) electrons. The topological polar surface area (TPSA) is 21.6 Å². The molecule has 2 nitrogen and oxygen atoms in total. The lowest BCUT2D eigenvalue weighted by atomic mass is 9.98. The van der Waals surface area contributed by atoms with E-state index in [1.165, 1.54) is 5.56 Å². The highest BCUT2D eigenvalue weighted by Crippen LogP contribution is 2.21. The second-order valence-electron chi connectivity index (χ2n) is 4.26. The molecule has 0 heterocycles. The van der Waals surface area contributed by atoms with Gasteiger partial charge in [0.05, 0.1) is 12.8 Å². The number of hydrogen-bond donors (Lipinski definition) is 0. The molecule has 3 heteroatoms. The molecule has 20 heavy (non-hydrogen) atoms. The third kappa shape index (κ3) is 3.48. The summed E-state index contributed by atoms with van der Waals surface area (Å²) >= 11 is 3.49. The molecular weight excluding hydrogens is 314 g/mol. The average molecular weight is 334 g/mol. The molecule has 0 aliphatic carbocycles. The minimum atomic E-state index is 0. The third-order valence-corrected chi connectivity index (χ3v) is 3.52. The summed E-state index contributed by atoms with van der Waals surface area (Å²) in [4.78, 5) is 4.44. The summed E-state index contributed by atoms with van der Waals surface area (Å²) in [5.74, 6) is 0.853. The van der Waals surface area contributed by atoms with Crippen molar-refractivity contribution in [2.75, 3.05) is 14.2 Å². The van der Waals surface area contributed by atoms with Gasteiger partial charge in [0.25, 0.3) is 0 Å². The molecule has 0 unspecified atom stereocenters. The van der Waals surface area contributed by atoms with E-state index in [1.807, 2.05) is 37.4 Å². The maximum atomic E-state index is 5.18. The van der Waals surface area contributed by atoms with Gasteiger partial charge in [-0.1, -0.05) is 29.4 Å². The first-order valence-corrected chi connectivity index (χ1v) is 6.82. The number of halogens is 1. The lowest BCUT2D eigenvalue weighted by Gasteiger charge is -2.10. The van der Waals surface area contributed by atoms with Gasteiger partial charge in [0.15, 0.2) is 0 Å². The van der Waals surface area contributed by atoms with Crippen molar-refractivity contribution in [3.05, 3.63) is 63.6 Å². The molecule has 2 aromatic carbocycles. The van der Waals surface area contributed by atoms with E-state index in [1.54, 1.807) is 7.11 Å². The maximum Gasteiger partial charge on any atom is 0.118 e. The Morgan fingerprint density at radius 2 is 1.75 bits per heavy atom. The highest BCUT2D eigenvalue weighted by molar-refractivity contribution is 9.10. The summed E-state index contributed by atoms with van der Waals surface area (Å²) in [6, 6.07) is 14.2. The van der Waals surface area contributed by atoms with Crippen molar-refractivity contribution in [3.63, 3.8) is 0 Å². The van der Waals surface area contributed by atoms with Crippen LogP contribution in [0.25, 0.3) is 0 Å². The second-order valence-corrected chi connectivity index (χ2v) is 5.18. The van der Waals surface area contributed by atoms with Gasteiger partial charge in [-0.15, -0.1) is 0 Å². The summed E-state index contributed by atoms with van der Waals surface area (Å²) in [6.45, 7) is 2.09. The van der Waals surface area contributed by atoms with Crippen LogP contribution in [0, 0.1) is 6.92 Å². The van der Waals surface area contributed by atoms with E-state index < -0.39 is 0 Å². The van der Waals surface area contributed by atoms with Crippen LogP contribution in [0.4, 0.5) is 0 Å². The van der Waals surface area contributed by atoms with Gasteiger partial charge < -0.3 is 4.74 Å². The van der Waals surface area contributed by atoms with Crippen LogP contribution < -0.4 is 4.74 Å². The zero-order valence-corrected chi connectivity index (χ0v) is 12.9. The number of methoxy groups -OCH3 is 1. The van der Waals surface area contributed by atoms with Gasteiger partial charge in [0, 0.05) is 22.6 Å². The Balaban J connectivity index is 0.00000200. The molecule has 0 aromatic heterocycles. The van der Waals surface area contributed by atoms with E-state index in [0.29, 0.717) is 0 Å². The molecule has 2 rings (SSSR count). The van der Waals surface area contributed by atoms with E-state index in [2.05, 4.69) is 40.0 Å². The molecule has 0 bridgehead atoms. The highest BCUT2D eigenvalue weighted by Gasteiger charge is 2.09. The standard InChI is InChI=1S/C16H16BrNO.CH4/c1-11-10-13(17)6-9-15(11)16(18-2)12-4-7-14(19-3)8-5-12;/h4-10H,1-3H3;1H4. The normalized spacial score (nSPS) is 10.9. The molecule has 0 saturated carbocycles. The quantitative estimate of drug-likeness (QED) is 0.734. The smallest absolute Gasteiger partial charge is 0.118 e. The van der Waals surface area contributed by atoms with Gasteiger partial charge in [-0.25, -0.2) is 0 Å². The first kappa shape index (κ1) is 16.4. The summed E-state index contributed by atoms with van der Waals surface area (Å²) in [6.07, 6.45) is 0. The molecule has 2 aromatic rings. The van der Waals surface area contributed by atoms with Gasteiger partial charge in [-0.05, 0) is 48.9 Å². The van der Waals surface area contributed by atoms with E-state index >= 15 is 0 Å². The Labute approximate surface area is 129 Å². The van der Waals surface area contributed by atoms with Crippen molar-refractivity contribution in [2.24, 2.45) is 4.99 Å². The number of ether oxygens (including phenoxy) is 1. The number of aryl methyl sites for hydroxylation is 1. The zero-order chi connectivity index (χ0) is 13.8. The van der Waals surface area contributed by atoms with Crippen LogP contribution in [0.1, 0.15) is 24.1 Å². The van der Waals surface area contributed by atoms with Crippen molar-refractivity contribution in [3.8, 4) is 5.75 Å². The minimum Gasteiger partial charge on any atom is -0.497 e. The number of nitrogens with zero attached hydrogens (tertiary/aromatic N) is 1. The summed E-state index contributed by atoms with van der Waals surface area (Å²) in [5.41, 5.74) is 4.43. The fourth-order valence-electron chi connectivity index (χ4n) is 2.05. The lowest BCUT2D eigenvalue weighted by Crippen LogP contribution is -2.05. The summed E-state index contributed by atoms with van der Waals surface area (Å²) < 4.78 is 6.26. The fraction of sp³-hybridized carbons (Fsp3) is 0.235. The van der Waals surface area contributed by atoms with E-state index in [0.717, 1.165) is 27.1 Å². The first-order valence-electron chi connectivity index (χ1n) is 6.03. The zero-order valence-electron chi connectivity index (χ0n) is 11.3. The van der Waals surface area contributed by atoms with Crippen LogP contribution in [0.3, 0.4) is 0 Å². The Hall–Kier alpha value is -1.61. The Morgan fingerprint density at radius 1 is 1.10 bits per heavy atom. The fourth-order valence-corrected chi connectivity index (χ4v) is 2.52. The van der Waals surface area contributed by atoms with Crippen molar-refractivity contribution in [2.45, 2.75) is 14.4 Å². The molecule has 0 aliphatic rings. The molecule has 0 spiro atoms. The number of benzene rings is 2. The van der Waals surface area contributed by atoms with E-state index in [-0.39, 0.29) is 7.43 Å². The maximum absolute atomic E-state index is 5.18. The van der Waals surface area contributed by atoms with Gasteiger partial charge in [-0.3, -0.25) is 4.99 Å². The SMILES string of the molecule is C.CN=C(c1ccc(OC)cc1)c1ccc(Br)cc1C. The van der Waals surface area contributed by atoms with Crippen LogP contribution in [0.15, 0.2) is 51.9 Å². The monoisotopic (exact) mass is 333 g/mol. The van der Waals surface area contributed by atoms with E-state index in [4.69, 9.17) is 4.74 Å². The third-order valence-electron chi connectivity index (χ3n) is 3.03. The largest absolute Gasteiger partial charge is 0.497 e. The Morgan fingerprint density at radius 3 is 2.25 bits per heavy atom.